The summed E-state index contributed by atoms with van der Waals surface area (Å²) in [6.45, 7) is 16.1. The molecule has 2 aliphatic carbocycles. The van der Waals surface area contributed by atoms with Gasteiger partial charge in [-0.25, -0.2) is 4.79 Å². The number of primary amides is 1. The van der Waals surface area contributed by atoms with E-state index in [-0.39, 0.29) is 40.1 Å². The molecular weight excluding hydrogens is 584 g/mol. The van der Waals surface area contributed by atoms with E-state index in [0.717, 1.165) is 12.8 Å². The largest absolute Gasteiger partial charge is 0.363 e. The fourth-order valence-corrected chi connectivity index (χ4v) is 7.49. The zero-order chi connectivity index (χ0) is 32.9. The Kier molecular flexibility index (Phi) is 9.59. The van der Waals surface area contributed by atoms with E-state index in [4.69, 9.17) is 5.73 Å². The van der Waals surface area contributed by atoms with Crippen molar-refractivity contribution in [1.82, 2.24) is 20.9 Å². The molecule has 2 aliphatic heterocycles. The van der Waals surface area contributed by atoms with Crippen molar-refractivity contribution in [3.05, 3.63) is 0 Å². The molecule has 2 saturated carbocycles. The van der Waals surface area contributed by atoms with Gasteiger partial charge in [-0.3, -0.25) is 29.0 Å². The maximum absolute atomic E-state index is 14.2. The van der Waals surface area contributed by atoms with Gasteiger partial charge in [0.25, 0.3) is 5.91 Å². The third-order valence-electron chi connectivity index (χ3n) is 9.54. The highest BCUT2D eigenvalue weighted by Crippen LogP contribution is 2.65. The number of nitrogens with one attached hydrogen (secondary N) is 3. The van der Waals surface area contributed by atoms with Gasteiger partial charge >= 0.3 is 6.03 Å². The number of likely N-dealkylation sites (tertiary alicyclic amines) is 1. The normalized spacial score (nSPS) is 27.5. The van der Waals surface area contributed by atoms with Crippen molar-refractivity contribution in [2.45, 2.75) is 104 Å². The molecule has 3 fully saturated rings. The van der Waals surface area contributed by atoms with Crippen LogP contribution in [0.3, 0.4) is 0 Å². The smallest absolute Gasteiger partial charge is 0.316 e. The van der Waals surface area contributed by atoms with Crippen molar-refractivity contribution in [3.63, 3.8) is 0 Å². The zero-order valence-electron chi connectivity index (χ0n) is 27.1. The summed E-state index contributed by atoms with van der Waals surface area (Å²) in [5.41, 5.74) is 4.35. The number of nitrogens with zero attached hydrogens (tertiary/aromatic N) is 2. The molecule has 2 unspecified atom stereocenters. The van der Waals surface area contributed by atoms with Crippen LogP contribution < -0.4 is 21.7 Å². The third kappa shape index (κ3) is 7.13. The minimum Gasteiger partial charge on any atom is -0.363 e. The number of carbonyl (C=O) groups excluding carboxylic acids is 6. The van der Waals surface area contributed by atoms with Gasteiger partial charge in [-0.2, -0.15) is 0 Å². The number of hydrogen-bond acceptors (Lipinski definition) is 8. The highest BCUT2D eigenvalue weighted by Gasteiger charge is 2.70. The van der Waals surface area contributed by atoms with Crippen LogP contribution in [0.1, 0.15) is 74.7 Å². The lowest BCUT2D eigenvalue weighted by Gasteiger charge is -2.38. The molecule has 5 amide bonds. The number of hydrogen-bond donors (Lipinski definition) is 4. The van der Waals surface area contributed by atoms with Crippen molar-refractivity contribution in [3.8, 4) is 0 Å². The number of nitrogens with two attached hydrogens (primary N) is 1. The molecule has 2 heterocycles. The molecular formula is C31H48N6O6S. The number of carbonyl (C=O) groups is 6. The van der Waals surface area contributed by atoms with Crippen molar-refractivity contribution < 1.29 is 28.8 Å². The van der Waals surface area contributed by atoms with E-state index in [1.54, 1.807) is 0 Å². The third-order valence-corrected chi connectivity index (χ3v) is 10.6. The minimum atomic E-state index is -1.10. The Bertz CT molecular complexity index is 1250. The van der Waals surface area contributed by atoms with Gasteiger partial charge in [0.15, 0.2) is 0 Å². The van der Waals surface area contributed by atoms with Crippen LogP contribution in [-0.4, -0.2) is 87.8 Å². The van der Waals surface area contributed by atoms with Gasteiger partial charge in [-0.1, -0.05) is 80.0 Å². The Morgan fingerprint density at radius 3 is 2.20 bits per heavy atom. The molecule has 1 saturated heterocycles. The summed E-state index contributed by atoms with van der Waals surface area (Å²) in [6, 6.07) is -4.42. The Balaban J connectivity index is 1.51. The maximum Gasteiger partial charge on any atom is 0.316 e. The quantitative estimate of drug-likeness (QED) is 0.236. The lowest BCUT2D eigenvalue weighted by Crippen LogP contribution is -2.62. The average molecular weight is 633 g/mol. The summed E-state index contributed by atoms with van der Waals surface area (Å²) in [6.07, 6.45) is 2.17. The van der Waals surface area contributed by atoms with Crippen molar-refractivity contribution >= 4 is 52.1 Å². The summed E-state index contributed by atoms with van der Waals surface area (Å²) < 4.78 is 0. The van der Waals surface area contributed by atoms with Crippen LogP contribution in [0.4, 0.5) is 4.79 Å². The van der Waals surface area contributed by atoms with E-state index in [2.05, 4.69) is 20.9 Å². The molecule has 44 heavy (non-hydrogen) atoms. The standard InChI is InChI=1S/C31H48N6O6S/c1-14(2)20(23(39)27-33-12-15(3)44-27)35-29(43)36-24(30(4,5)6)28(42)37-13-17-19(31(17,7)8)21(37)26(41)34-18(11-16-9-10-16)22(38)25(32)40/h14-21,24H,9-13H2,1-8H3,(H2,32,40)(H,34,41)(H2,35,36,43)/t15?,17-,18?,19-,20-,21-,24+/m0/s1. The molecule has 0 spiro atoms. The van der Waals surface area contributed by atoms with Crippen LogP contribution in [0.25, 0.3) is 0 Å². The van der Waals surface area contributed by atoms with Gasteiger partial charge in [0.1, 0.15) is 17.1 Å². The van der Waals surface area contributed by atoms with Crippen molar-refractivity contribution in [1.29, 1.82) is 0 Å². The van der Waals surface area contributed by atoms with Crippen LogP contribution in [-0.2, 0) is 24.0 Å². The van der Waals surface area contributed by atoms with E-state index in [1.165, 1.54) is 16.7 Å². The van der Waals surface area contributed by atoms with Gasteiger partial charge in [0.05, 0.1) is 18.6 Å². The predicted molar refractivity (Wildman–Crippen MR) is 168 cm³/mol. The maximum atomic E-state index is 14.2. The van der Waals surface area contributed by atoms with Crippen molar-refractivity contribution in [2.24, 2.45) is 45.2 Å². The first-order valence-electron chi connectivity index (χ1n) is 15.6. The molecule has 4 aliphatic rings. The van der Waals surface area contributed by atoms with E-state index in [9.17, 15) is 28.8 Å². The number of fused-ring (bicyclic) bond motifs is 1. The molecule has 7 atom stereocenters. The number of ketones is 2. The van der Waals surface area contributed by atoms with Crippen LogP contribution in [0.15, 0.2) is 4.99 Å². The van der Waals surface area contributed by atoms with Crippen LogP contribution in [0.5, 0.6) is 0 Å². The number of thioether (sulfide) groups is 1. The number of piperidine rings is 1. The molecule has 0 aromatic rings. The zero-order valence-corrected chi connectivity index (χ0v) is 27.9. The molecule has 0 radical (unpaired) electrons. The Hall–Kier alpha value is -2.96. The number of Topliss-reactive ketones (excluding diaryl/α,β-unsaturated/α-hetero) is 2. The Labute approximate surface area is 263 Å². The first-order chi connectivity index (χ1) is 20.3. The summed E-state index contributed by atoms with van der Waals surface area (Å²) in [5, 5.41) is 8.91. The second-order valence-corrected chi connectivity index (χ2v) is 16.4. The monoisotopic (exact) mass is 632 g/mol. The van der Waals surface area contributed by atoms with Gasteiger partial charge < -0.3 is 26.6 Å². The average Bonchev–Trinajstić information content (AvgIpc) is 3.67. The van der Waals surface area contributed by atoms with Crippen LogP contribution >= 0.6 is 11.8 Å². The molecule has 244 valence electrons. The second kappa shape index (κ2) is 12.4. The predicted octanol–water partition coefficient (Wildman–Crippen LogP) is 1.65. The molecule has 4 rings (SSSR count). The van der Waals surface area contributed by atoms with E-state index in [0.29, 0.717) is 24.6 Å². The van der Waals surface area contributed by atoms with Crippen LogP contribution in [0.2, 0.25) is 0 Å². The molecule has 0 aromatic carbocycles. The first-order valence-corrected chi connectivity index (χ1v) is 16.5. The van der Waals surface area contributed by atoms with Gasteiger partial charge in [0, 0.05) is 11.8 Å². The van der Waals surface area contributed by atoms with Crippen LogP contribution in [0, 0.1) is 34.5 Å². The molecule has 12 nitrogen and oxygen atoms in total. The van der Waals surface area contributed by atoms with E-state index >= 15 is 0 Å². The molecule has 5 N–H and O–H groups in total. The Morgan fingerprint density at radius 1 is 1.07 bits per heavy atom. The molecule has 0 aromatic heterocycles. The number of amides is 5. The summed E-state index contributed by atoms with van der Waals surface area (Å²) in [7, 11) is 0. The van der Waals surface area contributed by atoms with Gasteiger partial charge in [0.2, 0.25) is 23.4 Å². The summed E-state index contributed by atoms with van der Waals surface area (Å²) in [4.78, 5) is 84.7. The lowest BCUT2D eigenvalue weighted by molar-refractivity contribution is -0.145. The number of rotatable bonds is 12. The minimum absolute atomic E-state index is 0.0698. The van der Waals surface area contributed by atoms with Gasteiger partial charge in [-0.15, -0.1) is 0 Å². The lowest BCUT2D eigenvalue weighted by atomic mass is 9.85. The highest BCUT2D eigenvalue weighted by molar-refractivity contribution is 8.16. The van der Waals surface area contributed by atoms with E-state index < -0.39 is 59.1 Å². The first kappa shape index (κ1) is 33.9. The summed E-state index contributed by atoms with van der Waals surface area (Å²) in [5.74, 6) is -3.17. The number of urea groups is 1. The highest BCUT2D eigenvalue weighted by atomic mass is 32.2. The second-order valence-electron chi connectivity index (χ2n) is 14.9. The SMILES string of the molecule is CC1CN=C(C(=O)[C@@H](NC(=O)N[C@H](C(=O)N2C[C@H]3[C@@H]([C@H]2C(=O)NC(CC2CC2)C(=O)C(N)=O)C3(C)C)C(C)(C)C)C(C)C)S1. The van der Waals surface area contributed by atoms with E-state index in [1.807, 2.05) is 55.4 Å². The number of aliphatic imine (C=N–C) groups is 1. The van der Waals surface area contributed by atoms with Gasteiger partial charge in [-0.05, 0) is 40.9 Å². The molecule has 13 heteroatoms. The van der Waals surface area contributed by atoms with Crippen molar-refractivity contribution in [2.75, 3.05) is 13.1 Å². The fraction of sp³-hybridized carbons (Fsp3) is 0.774. The fourth-order valence-electron chi connectivity index (χ4n) is 6.57. The topological polar surface area (TPSA) is 180 Å². The molecule has 0 bridgehead atoms. The summed E-state index contributed by atoms with van der Waals surface area (Å²) >= 11 is 1.39. The Morgan fingerprint density at radius 2 is 1.70 bits per heavy atom.